The van der Waals surface area contributed by atoms with Crippen molar-refractivity contribution in [2.75, 3.05) is 12.0 Å². The topological polar surface area (TPSA) is 78.2 Å². The fourth-order valence-corrected chi connectivity index (χ4v) is 3.23. The van der Waals surface area contributed by atoms with Gasteiger partial charge < -0.3 is 14.2 Å². The number of halogens is 3. The lowest BCUT2D eigenvalue weighted by Gasteiger charge is -2.28. The summed E-state index contributed by atoms with van der Waals surface area (Å²) in [5, 5.41) is 4.40. The van der Waals surface area contributed by atoms with Crippen molar-refractivity contribution < 1.29 is 32.2 Å². The third kappa shape index (κ3) is 5.89. The number of benzene rings is 1. The molecule has 0 radical (unpaired) electrons. The van der Waals surface area contributed by atoms with Crippen molar-refractivity contribution in [2.45, 2.75) is 59.0 Å². The first-order valence-electron chi connectivity index (χ1n) is 10.6. The maximum absolute atomic E-state index is 13.3. The number of imidazole rings is 1. The maximum Gasteiger partial charge on any atom is 0.573 e. The molecule has 8 nitrogen and oxygen atoms in total. The molecule has 0 aliphatic rings. The number of anilines is 1. The van der Waals surface area contributed by atoms with Crippen molar-refractivity contribution in [3.8, 4) is 11.6 Å². The van der Waals surface area contributed by atoms with Crippen LogP contribution in [0.1, 0.15) is 51.8 Å². The molecule has 11 heteroatoms. The van der Waals surface area contributed by atoms with Gasteiger partial charge in [-0.05, 0) is 32.8 Å². The number of amides is 1. The molecule has 1 aromatic carbocycles. The highest BCUT2D eigenvalue weighted by Crippen LogP contribution is 2.33. The Morgan fingerprint density at radius 3 is 2.44 bits per heavy atom. The van der Waals surface area contributed by atoms with Gasteiger partial charge in [0.15, 0.2) is 5.65 Å². The van der Waals surface area contributed by atoms with Gasteiger partial charge in [0.1, 0.15) is 11.4 Å². The van der Waals surface area contributed by atoms with Gasteiger partial charge >= 0.3 is 12.5 Å². The van der Waals surface area contributed by atoms with Gasteiger partial charge in [-0.3, -0.25) is 4.90 Å². The summed E-state index contributed by atoms with van der Waals surface area (Å²) in [5.41, 5.74) is 0.609. The minimum absolute atomic E-state index is 0.0540. The van der Waals surface area contributed by atoms with Crippen molar-refractivity contribution in [1.82, 2.24) is 14.6 Å². The second-order valence-corrected chi connectivity index (χ2v) is 8.87. The predicted molar refractivity (Wildman–Crippen MR) is 119 cm³/mol. The van der Waals surface area contributed by atoms with E-state index >= 15 is 0 Å². The summed E-state index contributed by atoms with van der Waals surface area (Å²) in [6.07, 6.45) is -4.04. The number of ether oxygens (including phenoxy) is 3. The molecule has 0 atom stereocenters. The highest BCUT2D eigenvalue weighted by Gasteiger charge is 2.33. The number of aromatic nitrogens is 3. The normalized spacial score (nSPS) is 12.2. The van der Waals surface area contributed by atoms with Gasteiger partial charge in [-0.25, -0.2) is 14.3 Å². The molecule has 0 aliphatic carbocycles. The summed E-state index contributed by atoms with van der Waals surface area (Å²) in [7, 11) is 1.42. The lowest BCUT2D eigenvalue weighted by molar-refractivity contribution is -0.274. The molecule has 0 saturated carbocycles. The highest BCUT2D eigenvalue weighted by molar-refractivity contribution is 5.92. The highest BCUT2D eigenvalue weighted by atomic mass is 19.4. The Kier molecular flexibility index (Phi) is 6.94. The summed E-state index contributed by atoms with van der Waals surface area (Å²) < 4.78 is 55.6. The predicted octanol–water partition coefficient (Wildman–Crippen LogP) is 5.70. The van der Waals surface area contributed by atoms with Gasteiger partial charge in [-0.15, -0.1) is 18.3 Å². The van der Waals surface area contributed by atoms with E-state index in [0.717, 1.165) is 5.69 Å². The number of fused-ring (bicyclic) bond motifs is 1. The number of hydrogen-bond acceptors (Lipinski definition) is 6. The van der Waals surface area contributed by atoms with Crippen molar-refractivity contribution in [2.24, 2.45) is 0 Å². The fourth-order valence-electron chi connectivity index (χ4n) is 3.23. The number of carbonyl (C=O) groups excluding carboxylic acids is 1. The molecule has 0 fully saturated rings. The number of carbonyl (C=O) groups is 1. The molecule has 0 N–H and O–H groups in total. The van der Waals surface area contributed by atoms with Crippen LogP contribution in [0.2, 0.25) is 0 Å². The Morgan fingerprint density at radius 1 is 1.18 bits per heavy atom. The number of hydrogen-bond donors (Lipinski definition) is 0. The second kappa shape index (κ2) is 9.40. The lowest BCUT2D eigenvalue weighted by atomic mass is 10.1. The molecule has 0 aliphatic heterocycles. The van der Waals surface area contributed by atoms with E-state index < -0.39 is 23.8 Å². The first kappa shape index (κ1) is 25.1. The minimum atomic E-state index is -4.89. The summed E-state index contributed by atoms with van der Waals surface area (Å²) in [4.78, 5) is 18.9. The number of nitrogens with zero attached hydrogens (tertiary/aromatic N) is 4. The van der Waals surface area contributed by atoms with Gasteiger partial charge in [0, 0.05) is 11.6 Å². The molecule has 3 rings (SSSR count). The fraction of sp³-hybridized carbons (Fsp3) is 0.435. The Morgan fingerprint density at radius 2 is 1.85 bits per heavy atom. The van der Waals surface area contributed by atoms with Crippen LogP contribution >= 0.6 is 0 Å². The van der Waals surface area contributed by atoms with Crippen molar-refractivity contribution in [1.29, 1.82) is 0 Å². The second-order valence-electron chi connectivity index (χ2n) is 8.87. The van der Waals surface area contributed by atoms with Crippen LogP contribution in [0.25, 0.3) is 5.65 Å². The summed E-state index contributed by atoms with van der Waals surface area (Å²) >= 11 is 0. The molecular weight excluding hydrogens is 453 g/mol. The molecular formula is C23H27F3N4O4. The molecule has 0 unspecified atom stereocenters. The van der Waals surface area contributed by atoms with Crippen molar-refractivity contribution >= 4 is 17.4 Å². The quantitative estimate of drug-likeness (QED) is 0.450. The van der Waals surface area contributed by atoms with Crippen LogP contribution in [0, 0.1) is 0 Å². The molecule has 0 bridgehead atoms. The zero-order valence-electron chi connectivity index (χ0n) is 19.8. The number of methoxy groups -OCH3 is 1. The molecule has 3 aromatic rings. The maximum atomic E-state index is 13.3. The number of rotatable bonds is 6. The van der Waals surface area contributed by atoms with Crippen molar-refractivity contribution in [3.05, 3.63) is 47.8 Å². The molecule has 2 heterocycles. The molecule has 34 heavy (non-hydrogen) atoms. The van der Waals surface area contributed by atoms with Crippen LogP contribution in [-0.2, 0) is 11.3 Å². The van der Waals surface area contributed by atoms with E-state index in [9.17, 15) is 18.0 Å². The van der Waals surface area contributed by atoms with Crippen LogP contribution in [0.15, 0.2) is 36.5 Å². The minimum Gasteiger partial charge on any atom is -0.480 e. The monoisotopic (exact) mass is 480 g/mol. The van der Waals surface area contributed by atoms with E-state index in [1.54, 1.807) is 37.5 Å². The SMILES string of the molecule is COc1cc(N(Cc2ccccc2OC(F)(F)F)C(=O)OC(C)(C)C)c2ncc(C(C)C)n2n1. The first-order chi connectivity index (χ1) is 15.8. The van der Waals surface area contributed by atoms with E-state index in [2.05, 4.69) is 14.8 Å². The van der Waals surface area contributed by atoms with E-state index in [-0.39, 0.29) is 29.6 Å². The number of para-hydroxylation sites is 1. The molecule has 1 amide bonds. The third-order valence-corrected chi connectivity index (χ3v) is 4.68. The Labute approximate surface area is 195 Å². The van der Waals surface area contributed by atoms with Gasteiger partial charge in [-0.1, -0.05) is 32.0 Å². The van der Waals surface area contributed by atoms with E-state index in [1.807, 2.05) is 13.8 Å². The number of alkyl halides is 3. The average Bonchev–Trinajstić information content (AvgIpc) is 3.14. The summed E-state index contributed by atoms with van der Waals surface area (Å²) in [6, 6.07) is 7.09. The van der Waals surface area contributed by atoms with E-state index in [0.29, 0.717) is 5.65 Å². The van der Waals surface area contributed by atoms with Gasteiger partial charge in [0.05, 0.1) is 31.2 Å². The summed E-state index contributed by atoms with van der Waals surface area (Å²) in [6.45, 7) is 8.71. The molecule has 184 valence electrons. The zero-order chi connectivity index (χ0) is 25.3. The van der Waals surface area contributed by atoms with Crippen LogP contribution in [0.5, 0.6) is 11.6 Å². The van der Waals surface area contributed by atoms with Gasteiger partial charge in [-0.2, -0.15) is 0 Å². The zero-order valence-corrected chi connectivity index (χ0v) is 19.8. The van der Waals surface area contributed by atoms with Gasteiger partial charge in [0.2, 0.25) is 5.88 Å². The smallest absolute Gasteiger partial charge is 0.480 e. The van der Waals surface area contributed by atoms with Gasteiger partial charge in [0.25, 0.3) is 0 Å². The van der Waals surface area contributed by atoms with Crippen LogP contribution in [0.3, 0.4) is 0 Å². The van der Waals surface area contributed by atoms with Crippen LogP contribution < -0.4 is 14.4 Å². The lowest BCUT2D eigenvalue weighted by Crippen LogP contribution is -2.37. The van der Waals surface area contributed by atoms with Crippen LogP contribution in [0.4, 0.5) is 23.7 Å². The standard InChI is InChI=1S/C23H27F3N4O4/c1-14(2)17-12-27-20-16(11-19(32-6)28-30(17)20)29(21(31)34-22(3,4)5)13-15-9-7-8-10-18(15)33-23(24,25)26/h7-12,14H,13H2,1-6H3. The van der Waals surface area contributed by atoms with Crippen LogP contribution in [-0.4, -0.2) is 39.8 Å². The summed E-state index contributed by atoms with van der Waals surface area (Å²) in [5.74, 6) is -0.180. The molecule has 2 aromatic heterocycles. The Balaban J connectivity index is 2.18. The molecule has 0 saturated heterocycles. The Bertz CT molecular complexity index is 1170. The Hall–Kier alpha value is -3.50. The molecule has 0 spiro atoms. The average molecular weight is 480 g/mol. The third-order valence-electron chi connectivity index (χ3n) is 4.68. The largest absolute Gasteiger partial charge is 0.573 e. The first-order valence-corrected chi connectivity index (χ1v) is 10.6. The van der Waals surface area contributed by atoms with E-state index in [4.69, 9.17) is 9.47 Å². The van der Waals surface area contributed by atoms with Crippen molar-refractivity contribution in [3.63, 3.8) is 0 Å². The van der Waals surface area contributed by atoms with E-state index in [1.165, 1.54) is 36.3 Å².